The van der Waals surface area contributed by atoms with Crippen LogP contribution in [0.3, 0.4) is 0 Å². The first-order valence-electron chi connectivity index (χ1n) is 12.0. The van der Waals surface area contributed by atoms with E-state index in [2.05, 4.69) is 15.5 Å². The Labute approximate surface area is 212 Å². The topological polar surface area (TPSA) is 94.2 Å². The molecule has 35 heavy (non-hydrogen) atoms. The Kier molecular flexibility index (Phi) is 8.66. The zero-order valence-electron chi connectivity index (χ0n) is 21.2. The van der Waals surface area contributed by atoms with Gasteiger partial charge in [-0.05, 0) is 51.8 Å². The average molecular weight is 506 g/mol. The molecule has 1 aromatic rings. The number of benzene rings is 1. The van der Waals surface area contributed by atoms with E-state index in [1.54, 1.807) is 38.2 Å². The van der Waals surface area contributed by atoms with Crippen molar-refractivity contribution in [2.45, 2.75) is 45.7 Å². The highest BCUT2D eigenvalue weighted by Gasteiger charge is 2.37. The summed E-state index contributed by atoms with van der Waals surface area (Å²) in [5.41, 5.74) is 1.44. The maximum atomic E-state index is 13.1. The second-order valence-corrected chi connectivity index (χ2v) is 10.3. The molecule has 1 atom stereocenters. The van der Waals surface area contributed by atoms with Crippen LogP contribution in [0.15, 0.2) is 35.5 Å². The van der Waals surface area contributed by atoms with Crippen molar-refractivity contribution in [1.29, 1.82) is 0 Å². The first-order valence-corrected chi connectivity index (χ1v) is 12.4. The van der Waals surface area contributed by atoms with E-state index in [-0.39, 0.29) is 24.2 Å². The molecule has 9 nitrogen and oxygen atoms in total. The fraction of sp³-hybridized carbons (Fsp3) is 0.560. The van der Waals surface area contributed by atoms with E-state index in [4.69, 9.17) is 16.3 Å². The maximum absolute atomic E-state index is 13.1. The summed E-state index contributed by atoms with van der Waals surface area (Å²) in [4.78, 5) is 44.1. The van der Waals surface area contributed by atoms with Crippen molar-refractivity contribution in [3.8, 4) is 0 Å². The molecule has 0 bridgehead atoms. The van der Waals surface area contributed by atoms with Crippen LogP contribution in [-0.2, 0) is 9.53 Å². The predicted octanol–water partition coefficient (Wildman–Crippen LogP) is 3.37. The third-order valence-corrected chi connectivity index (χ3v) is 6.26. The molecule has 192 valence electrons. The Balaban J connectivity index is 1.87. The molecule has 0 saturated carbocycles. The molecule has 0 aliphatic carbocycles. The number of nitrogens with one attached hydrogen (secondary N) is 2. The third-order valence-electron chi connectivity index (χ3n) is 6.01. The maximum Gasteiger partial charge on any atom is 0.338 e. The summed E-state index contributed by atoms with van der Waals surface area (Å²) in [6, 6.07) is 6.04. The van der Waals surface area contributed by atoms with Crippen LogP contribution in [0.2, 0.25) is 5.02 Å². The first-order chi connectivity index (χ1) is 16.5. The second kappa shape index (κ2) is 11.3. The van der Waals surface area contributed by atoms with Gasteiger partial charge in [0.15, 0.2) is 0 Å². The van der Waals surface area contributed by atoms with Gasteiger partial charge in [0, 0.05) is 56.0 Å². The fourth-order valence-corrected chi connectivity index (χ4v) is 4.37. The van der Waals surface area contributed by atoms with E-state index in [0.717, 1.165) is 18.5 Å². The van der Waals surface area contributed by atoms with Crippen molar-refractivity contribution in [3.63, 3.8) is 0 Å². The Morgan fingerprint density at radius 2 is 1.83 bits per heavy atom. The van der Waals surface area contributed by atoms with E-state index < -0.39 is 12.0 Å². The minimum Gasteiger partial charge on any atom is -0.463 e. The molecule has 4 amide bonds. The van der Waals surface area contributed by atoms with Crippen LogP contribution in [0.5, 0.6) is 0 Å². The second-order valence-electron chi connectivity index (χ2n) is 9.87. The minimum atomic E-state index is -0.647. The van der Waals surface area contributed by atoms with Gasteiger partial charge in [0.2, 0.25) is 0 Å². The normalized spacial score (nSPS) is 19.8. The summed E-state index contributed by atoms with van der Waals surface area (Å²) >= 11 is 6.06. The Morgan fingerprint density at radius 3 is 2.46 bits per heavy atom. The van der Waals surface area contributed by atoms with Crippen molar-refractivity contribution >= 4 is 29.6 Å². The van der Waals surface area contributed by atoms with Crippen LogP contribution in [-0.4, -0.2) is 84.6 Å². The van der Waals surface area contributed by atoms with Gasteiger partial charge in [-0.2, -0.15) is 0 Å². The summed E-state index contributed by atoms with van der Waals surface area (Å²) in [7, 11) is 1.66. The monoisotopic (exact) mass is 505 g/mol. The molecule has 1 fully saturated rings. The number of esters is 1. The van der Waals surface area contributed by atoms with E-state index >= 15 is 0 Å². The first kappa shape index (κ1) is 26.8. The van der Waals surface area contributed by atoms with Gasteiger partial charge >= 0.3 is 18.0 Å². The molecule has 1 saturated heterocycles. The van der Waals surface area contributed by atoms with Crippen molar-refractivity contribution in [2.24, 2.45) is 0 Å². The van der Waals surface area contributed by atoms with Crippen molar-refractivity contribution < 1.29 is 19.1 Å². The van der Waals surface area contributed by atoms with Gasteiger partial charge < -0.3 is 20.3 Å². The summed E-state index contributed by atoms with van der Waals surface area (Å²) in [6.45, 7) is 10.8. The van der Waals surface area contributed by atoms with Crippen LogP contribution in [0.25, 0.3) is 0 Å². The molecule has 1 aromatic carbocycles. The Hall–Kier alpha value is -2.78. The number of likely N-dealkylation sites (N-methyl/N-ethyl adjacent to an activating group) is 1. The molecule has 0 radical (unpaired) electrons. The fourth-order valence-electron chi connectivity index (χ4n) is 4.25. The third kappa shape index (κ3) is 6.89. The number of urea groups is 2. The van der Waals surface area contributed by atoms with Crippen LogP contribution in [0.1, 0.15) is 45.7 Å². The zero-order valence-corrected chi connectivity index (χ0v) is 21.9. The van der Waals surface area contributed by atoms with Crippen LogP contribution >= 0.6 is 11.6 Å². The largest absolute Gasteiger partial charge is 0.463 e. The standard InChI is InChI=1S/C25H36ClN5O4/c1-6-35-22(32)20-19(29(5)23(33)27-21(20)17-8-10-18(26)11-9-17)16-30-12-7-13-31(15-14-30)24(34)28-25(2,3)4/h8-11,21H,6-7,12-16H2,1-5H3,(H,27,33)(H,28,34). The van der Waals surface area contributed by atoms with E-state index in [9.17, 15) is 14.4 Å². The highest BCUT2D eigenvalue weighted by Crippen LogP contribution is 2.32. The summed E-state index contributed by atoms with van der Waals surface area (Å²) in [6.07, 6.45) is 0.788. The summed E-state index contributed by atoms with van der Waals surface area (Å²) in [5, 5.41) is 6.51. The quantitative estimate of drug-likeness (QED) is 0.598. The van der Waals surface area contributed by atoms with Crippen molar-refractivity contribution in [3.05, 3.63) is 46.1 Å². The molecule has 0 spiro atoms. The smallest absolute Gasteiger partial charge is 0.338 e. The van der Waals surface area contributed by atoms with Gasteiger partial charge in [0.25, 0.3) is 0 Å². The Bertz CT molecular complexity index is 973. The molecule has 2 heterocycles. The molecule has 0 aromatic heterocycles. The van der Waals surface area contributed by atoms with Gasteiger partial charge in [0.1, 0.15) is 0 Å². The SMILES string of the molecule is CCOC(=O)C1=C(CN2CCCN(C(=O)NC(C)(C)C)CC2)N(C)C(=O)NC1c1ccc(Cl)cc1. The summed E-state index contributed by atoms with van der Waals surface area (Å²) in [5.74, 6) is -0.463. The number of carbonyl (C=O) groups is 3. The number of ether oxygens (including phenoxy) is 1. The lowest BCUT2D eigenvalue weighted by atomic mass is 9.94. The summed E-state index contributed by atoms with van der Waals surface area (Å²) < 4.78 is 5.40. The zero-order chi connectivity index (χ0) is 25.8. The number of nitrogens with zero attached hydrogens (tertiary/aromatic N) is 3. The van der Waals surface area contributed by atoms with Crippen molar-refractivity contribution in [1.82, 2.24) is 25.3 Å². The number of amides is 4. The van der Waals surface area contributed by atoms with E-state index in [0.29, 0.717) is 42.5 Å². The molecule has 10 heteroatoms. The van der Waals surface area contributed by atoms with Crippen molar-refractivity contribution in [2.75, 3.05) is 46.4 Å². The molecule has 2 aliphatic rings. The number of rotatable bonds is 5. The van der Waals surface area contributed by atoms with Gasteiger partial charge in [0.05, 0.1) is 18.2 Å². The van der Waals surface area contributed by atoms with Crippen LogP contribution in [0, 0.1) is 0 Å². The molecular weight excluding hydrogens is 470 g/mol. The average Bonchev–Trinajstić information content (AvgIpc) is 3.02. The molecule has 2 aliphatic heterocycles. The molecule has 1 unspecified atom stereocenters. The lowest BCUT2D eigenvalue weighted by Gasteiger charge is -2.36. The highest BCUT2D eigenvalue weighted by atomic mass is 35.5. The number of carbonyl (C=O) groups excluding carboxylic acids is 3. The van der Waals surface area contributed by atoms with Gasteiger partial charge in [-0.1, -0.05) is 23.7 Å². The van der Waals surface area contributed by atoms with Gasteiger partial charge in [-0.15, -0.1) is 0 Å². The van der Waals surface area contributed by atoms with Crippen LogP contribution < -0.4 is 10.6 Å². The van der Waals surface area contributed by atoms with E-state index in [1.165, 1.54) is 4.90 Å². The van der Waals surface area contributed by atoms with Crippen LogP contribution in [0.4, 0.5) is 9.59 Å². The highest BCUT2D eigenvalue weighted by molar-refractivity contribution is 6.30. The number of halogens is 1. The Morgan fingerprint density at radius 1 is 1.14 bits per heavy atom. The van der Waals surface area contributed by atoms with Gasteiger partial charge in [-0.25, -0.2) is 14.4 Å². The number of hydrogen-bond acceptors (Lipinski definition) is 5. The predicted molar refractivity (Wildman–Crippen MR) is 135 cm³/mol. The lowest BCUT2D eigenvalue weighted by Crippen LogP contribution is -2.50. The van der Waals surface area contributed by atoms with Gasteiger partial charge in [-0.3, -0.25) is 9.80 Å². The lowest BCUT2D eigenvalue weighted by molar-refractivity contribution is -0.139. The molecule has 3 rings (SSSR count). The minimum absolute atomic E-state index is 0.0808. The van der Waals surface area contributed by atoms with E-state index in [1.807, 2.05) is 25.7 Å². The molecule has 2 N–H and O–H groups in total. The molecular formula is C25H36ClN5O4. The number of hydrogen-bond donors (Lipinski definition) is 2.